The Kier molecular flexibility index (Phi) is 28.4. The van der Waals surface area contributed by atoms with Crippen molar-refractivity contribution in [3.8, 4) is 0 Å². The van der Waals surface area contributed by atoms with Crippen molar-refractivity contribution in [3.05, 3.63) is 60.8 Å². The Balaban J connectivity index is 4.60. The maximum absolute atomic E-state index is 12.6. The van der Waals surface area contributed by atoms with Crippen LogP contribution in [0.25, 0.3) is 0 Å². The number of carboxylic acid groups (broad SMARTS) is 1. The third-order valence-corrected chi connectivity index (χ3v) is 7.55. The molecule has 0 amide bonds. The van der Waals surface area contributed by atoms with Crippen molar-refractivity contribution < 1.29 is 38.2 Å². The second-order valence-electron chi connectivity index (χ2n) is 12.9. The number of hydrogen-bond donors (Lipinski definition) is 0. The van der Waals surface area contributed by atoms with Gasteiger partial charge in [0, 0.05) is 19.3 Å². The van der Waals surface area contributed by atoms with Crippen LogP contribution >= 0.6 is 0 Å². The molecule has 0 saturated heterocycles. The van der Waals surface area contributed by atoms with E-state index in [1.165, 1.54) is 44.9 Å². The number of rotatable bonds is 30. The van der Waals surface area contributed by atoms with E-state index in [4.69, 9.17) is 14.2 Å². The van der Waals surface area contributed by atoms with Gasteiger partial charge < -0.3 is 28.6 Å². The summed E-state index contributed by atoms with van der Waals surface area (Å²) in [5, 5.41) is 11.5. The Morgan fingerprint density at radius 2 is 1.19 bits per heavy atom. The van der Waals surface area contributed by atoms with Crippen LogP contribution in [0.1, 0.15) is 117 Å². The molecule has 0 saturated carbocycles. The van der Waals surface area contributed by atoms with Crippen molar-refractivity contribution in [3.63, 3.8) is 0 Å². The lowest BCUT2D eigenvalue weighted by atomic mass is 10.1. The molecule has 0 radical (unpaired) electrons. The molecule has 0 aromatic heterocycles. The topological polar surface area (TPSA) is 102 Å². The summed E-state index contributed by atoms with van der Waals surface area (Å²) >= 11 is 0. The first-order valence-corrected chi connectivity index (χ1v) is 17.9. The fourth-order valence-electron chi connectivity index (χ4n) is 4.75. The number of unbranched alkanes of at least 4 members (excludes halogenated alkanes) is 10. The molecular formula is C39H65NO7. The number of carboxylic acids is 1. The summed E-state index contributed by atoms with van der Waals surface area (Å²) < 4.78 is 16.9. The van der Waals surface area contributed by atoms with Gasteiger partial charge in [-0.3, -0.25) is 9.59 Å². The summed E-state index contributed by atoms with van der Waals surface area (Å²) in [6.07, 6.45) is 34.0. The smallest absolute Gasteiger partial charge is 0.306 e. The third kappa shape index (κ3) is 28.9. The van der Waals surface area contributed by atoms with Crippen molar-refractivity contribution in [2.75, 3.05) is 41.0 Å². The van der Waals surface area contributed by atoms with Crippen LogP contribution in [-0.2, 0) is 28.6 Å². The monoisotopic (exact) mass is 659 g/mol. The van der Waals surface area contributed by atoms with Crippen LogP contribution in [0.5, 0.6) is 0 Å². The third-order valence-electron chi connectivity index (χ3n) is 7.55. The molecule has 0 aliphatic rings. The Morgan fingerprint density at radius 1 is 0.660 bits per heavy atom. The maximum atomic E-state index is 12.6. The average Bonchev–Trinajstić information content (AvgIpc) is 3.01. The predicted molar refractivity (Wildman–Crippen MR) is 189 cm³/mol. The van der Waals surface area contributed by atoms with Crippen molar-refractivity contribution in [2.24, 2.45) is 0 Å². The van der Waals surface area contributed by atoms with Gasteiger partial charge in [0.2, 0.25) is 0 Å². The molecule has 0 aromatic carbocycles. The van der Waals surface area contributed by atoms with E-state index in [9.17, 15) is 19.5 Å². The number of carbonyl (C=O) groups excluding carboxylic acids is 3. The Labute approximate surface area is 286 Å². The fourth-order valence-corrected chi connectivity index (χ4v) is 4.75. The molecule has 2 atom stereocenters. The summed E-state index contributed by atoms with van der Waals surface area (Å²) in [4.78, 5) is 36.5. The zero-order valence-corrected chi connectivity index (χ0v) is 30.2. The molecule has 8 nitrogen and oxygen atoms in total. The van der Waals surface area contributed by atoms with Crippen LogP contribution in [0, 0.1) is 0 Å². The summed E-state index contributed by atoms with van der Waals surface area (Å²) in [6.45, 7) is 4.39. The van der Waals surface area contributed by atoms with Gasteiger partial charge in [0.15, 0.2) is 6.10 Å². The fraction of sp³-hybridized carbons (Fsp3) is 0.667. The molecule has 0 aliphatic heterocycles. The Morgan fingerprint density at radius 3 is 1.74 bits per heavy atom. The molecule has 0 bridgehead atoms. The number of ether oxygens (including phenoxy) is 3. The van der Waals surface area contributed by atoms with E-state index < -0.39 is 18.1 Å². The lowest BCUT2D eigenvalue weighted by Gasteiger charge is -2.34. The summed E-state index contributed by atoms with van der Waals surface area (Å²) in [5.74, 6) is -1.84. The van der Waals surface area contributed by atoms with Gasteiger partial charge >= 0.3 is 11.9 Å². The largest absolute Gasteiger partial charge is 0.544 e. The minimum Gasteiger partial charge on any atom is -0.544 e. The van der Waals surface area contributed by atoms with Gasteiger partial charge in [0.1, 0.15) is 12.6 Å². The van der Waals surface area contributed by atoms with Crippen LogP contribution in [0.2, 0.25) is 0 Å². The molecule has 2 unspecified atom stereocenters. The number of carbonyl (C=O) groups is 3. The van der Waals surface area contributed by atoms with Crippen molar-refractivity contribution in [1.82, 2.24) is 0 Å². The van der Waals surface area contributed by atoms with E-state index in [1.54, 1.807) is 21.1 Å². The highest BCUT2D eigenvalue weighted by Gasteiger charge is 2.25. The maximum Gasteiger partial charge on any atom is 0.306 e. The molecular weight excluding hydrogens is 594 g/mol. The first-order valence-electron chi connectivity index (χ1n) is 17.9. The molecule has 0 aromatic rings. The number of likely N-dealkylation sites (N-methyl/N-ethyl adjacent to an activating group) is 1. The van der Waals surface area contributed by atoms with E-state index in [-0.39, 0.29) is 49.1 Å². The van der Waals surface area contributed by atoms with E-state index in [0.29, 0.717) is 12.8 Å². The Hall–Kier alpha value is -2.97. The summed E-state index contributed by atoms with van der Waals surface area (Å²) in [5.41, 5.74) is 0. The lowest BCUT2D eigenvalue weighted by molar-refractivity contribution is -0.889. The van der Waals surface area contributed by atoms with Crippen LogP contribution in [0.15, 0.2) is 60.8 Å². The highest BCUT2D eigenvalue weighted by Crippen LogP contribution is 2.13. The number of aliphatic carboxylic acids is 1. The minimum atomic E-state index is -1.14. The van der Waals surface area contributed by atoms with Gasteiger partial charge in [-0.05, 0) is 25.7 Å². The summed E-state index contributed by atoms with van der Waals surface area (Å²) in [6, 6.07) is -0.735. The van der Waals surface area contributed by atoms with Gasteiger partial charge in [0.05, 0.1) is 40.3 Å². The van der Waals surface area contributed by atoms with Crippen LogP contribution in [0.3, 0.4) is 0 Å². The standard InChI is InChI=1S/C39H65NO7/c1-6-8-10-12-14-16-18-19-20-22-23-25-27-29-37(41)46-34-35(33-45-32-31-36(39(43)44)40(3,4)5)47-38(42)30-28-26-24-21-17-15-13-11-9-7-2/h8,10,12,14,16,18-20,22-23,35-36H,6-7,9,11,13,15,17,21,24-34H2,1-5H3/b10-8+,14-12+,18-16+,20-19+,23-22+. The highest BCUT2D eigenvalue weighted by atomic mass is 16.6. The quantitative estimate of drug-likeness (QED) is 0.0344. The van der Waals surface area contributed by atoms with E-state index in [1.807, 2.05) is 54.7 Å². The highest BCUT2D eigenvalue weighted by molar-refractivity contribution is 5.70. The lowest BCUT2D eigenvalue weighted by Crippen LogP contribution is -2.55. The molecule has 268 valence electrons. The second kappa shape index (κ2) is 30.4. The van der Waals surface area contributed by atoms with Gasteiger partial charge in [-0.1, -0.05) is 132 Å². The van der Waals surface area contributed by atoms with Gasteiger partial charge in [-0.2, -0.15) is 0 Å². The van der Waals surface area contributed by atoms with Gasteiger partial charge in [-0.15, -0.1) is 0 Å². The van der Waals surface area contributed by atoms with Crippen molar-refractivity contribution in [2.45, 2.75) is 129 Å². The van der Waals surface area contributed by atoms with E-state index >= 15 is 0 Å². The zero-order valence-electron chi connectivity index (χ0n) is 30.2. The number of nitrogens with zero attached hydrogens (tertiary/aromatic N) is 1. The molecule has 0 N–H and O–H groups in total. The molecule has 0 rings (SSSR count). The first kappa shape index (κ1) is 44.0. The average molecular weight is 660 g/mol. The van der Waals surface area contributed by atoms with Crippen molar-refractivity contribution >= 4 is 17.9 Å². The van der Waals surface area contributed by atoms with Crippen molar-refractivity contribution in [1.29, 1.82) is 0 Å². The Bertz CT molecular complexity index is 959. The molecule has 8 heteroatoms. The SMILES string of the molecule is CC/C=C/C=C/C=C/C=C/C=C/CCCC(=O)OCC(COCCC(C(=O)[O-])[N+](C)(C)C)OC(=O)CCCCCCCCCCCC. The first-order chi connectivity index (χ1) is 22.6. The zero-order chi connectivity index (χ0) is 35.0. The van der Waals surface area contributed by atoms with Crippen LogP contribution < -0.4 is 5.11 Å². The van der Waals surface area contributed by atoms with Crippen LogP contribution in [0.4, 0.5) is 0 Å². The molecule has 0 fully saturated rings. The predicted octanol–water partition coefficient (Wildman–Crippen LogP) is 7.35. The summed E-state index contributed by atoms with van der Waals surface area (Å²) in [7, 11) is 5.36. The molecule has 47 heavy (non-hydrogen) atoms. The molecule has 0 aliphatic carbocycles. The molecule has 0 spiro atoms. The van der Waals surface area contributed by atoms with E-state index in [0.717, 1.165) is 32.1 Å². The van der Waals surface area contributed by atoms with E-state index in [2.05, 4.69) is 19.9 Å². The second-order valence-corrected chi connectivity index (χ2v) is 12.9. The number of quaternary nitrogens is 1. The number of allylic oxidation sites excluding steroid dienone is 10. The minimum absolute atomic E-state index is 0.0166. The number of hydrogen-bond acceptors (Lipinski definition) is 7. The van der Waals surface area contributed by atoms with Gasteiger partial charge in [0.25, 0.3) is 0 Å². The van der Waals surface area contributed by atoms with Gasteiger partial charge in [-0.25, -0.2) is 0 Å². The van der Waals surface area contributed by atoms with Crippen LogP contribution in [-0.4, -0.2) is 75.5 Å². The normalized spacial score (nSPS) is 13.8. The molecule has 0 heterocycles. The number of esters is 2.